The molecule has 1 fully saturated rings. The molecule has 2 heterocycles. The molecule has 5 nitrogen and oxygen atoms in total. The molecule has 2 aliphatic heterocycles. The van der Waals surface area contributed by atoms with Crippen LogP contribution < -0.4 is 9.47 Å². The second kappa shape index (κ2) is 5.71. The van der Waals surface area contributed by atoms with E-state index in [2.05, 4.69) is 4.90 Å². The largest absolute Gasteiger partial charge is 0.492 e. The Morgan fingerprint density at radius 1 is 1.40 bits per heavy atom. The minimum absolute atomic E-state index is 0.429. The number of carboxylic acids is 1. The third kappa shape index (κ3) is 2.88. The van der Waals surface area contributed by atoms with Gasteiger partial charge in [0.1, 0.15) is 18.1 Å². The van der Waals surface area contributed by atoms with Crippen molar-refractivity contribution in [3.8, 4) is 11.5 Å². The van der Waals surface area contributed by atoms with Crippen molar-refractivity contribution in [2.24, 2.45) is 0 Å². The molecule has 0 aliphatic carbocycles. The number of fused-ring (bicyclic) bond motifs is 1. The normalized spacial score (nSPS) is 21.5. The number of hydrogen-bond acceptors (Lipinski definition) is 4. The topological polar surface area (TPSA) is 59.0 Å². The van der Waals surface area contributed by atoms with Gasteiger partial charge in [-0.25, -0.2) is 4.79 Å². The van der Waals surface area contributed by atoms with E-state index in [1.807, 2.05) is 12.1 Å². The highest BCUT2D eigenvalue weighted by Gasteiger charge is 2.28. The van der Waals surface area contributed by atoms with Crippen molar-refractivity contribution >= 4 is 5.97 Å². The van der Waals surface area contributed by atoms with E-state index in [4.69, 9.17) is 14.6 Å². The summed E-state index contributed by atoms with van der Waals surface area (Å²) in [7, 11) is 0. The number of ether oxygens (including phenoxy) is 2. The van der Waals surface area contributed by atoms with Gasteiger partial charge in [-0.3, -0.25) is 4.90 Å². The Morgan fingerprint density at radius 3 is 2.95 bits per heavy atom. The lowest BCUT2D eigenvalue weighted by molar-refractivity contribution is -0.144. The fourth-order valence-electron chi connectivity index (χ4n) is 2.73. The molecule has 0 radical (unpaired) electrons. The van der Waals surface area contributed by atoms with Gasteiger partial charge in [0, 0.05) is 19.0 Å². The van der Waals surface area contributed by atoms with Crippen molar-refractivity contribution in [1.29, 1.82) is 0 Å². The Labute approximate surface area is 118 Å². The molecule has 1 saturated heterocycles. The predicted molar refractivity (Wildman–Crippen MR) is 73.4 cm³/mol. The summed E-state index contributed by atoms with van der Waals surface area (Å²) in [5.74, 6) is 0.461. The molecular weight excluding hydrogens is 258 g/mol. The molecular formula is C15H19NO4. The number of benzene rings is 1. The minimum Gasteiger partial charge on any atom is -0.492 e. The lowest BCUT2D eigenvalue weighted by atomic mass is 10.1. The van der Waals surface area contributed by atoms with Crippen LogP contribution >= 0.6 is 0 Å². The van der Waals surface area contributed by atoms with E-state index in [9.17, 15) is 4.79 Å². The first-order valence-corrected chi connectivity index (χ1v) is 7.10. The minimum atomic E-state index is -0.919. The third-order valence-electron chi connectivity index (χ3n) is 3.86. The molecule has 0 bridgehead atoms. The molecule has 1 unspecified atom stereocenters. The third-order valence-corrected chi connectivity index (χ3v) is 3.86. The van der Waals surface area contributed by atoms with E-state index >= 15 is 0 Å². The number of carbonyl (C=O) groups is 1. The van der Waals surface area contributed by atoms with E-state index in [0.717, 1.165) is 30.9 Å². The van der Waals surface area contributed by atoms with Crippen LogP contribution in [-0.2, 0) is 11.2 Å². The van der Waals surface area contributed by atoms with Crippen LogP contribution in [0.3, 0.4) is 0 Å². The van der Waals surface area contributed by atoms with Gasteiger partial charge in [-0.05, 0) is 37.6 Å². The zero-order valence-electron chi connectivity index (χ0n) is 11.4. The van der Waals surface area contributed by atoms with E-state index in [-0.39, 0.29) is 0 Å². The molecule has 0 saturated carbocycles. The van der Waals surface area contributed by atoms with Gasteiger partial charge in [0.2, 0.25) is 0 Å². The zero-order valence-corrected chi connectivity index (χ0v) is 11.4. The second-order valence-electron chi connectivity index (χ2n) is 5.32. The number of hydrogen-bond donors (Lipinski definition) is 1. The summed E-state index contributed by atoms with van der Waals surface area (Å²) in [6.45, 7) is 3.92. The maximum Gasteiger partial charge on any atom is 0.345 e. The van der Waals surface area contributed by atoms with Gasteiger partial charge in [-0.15, -0.1) is 0 Å². The van der Waals surface area contributed by atoms with Crippen LogP contribution in [0.2, 0.25) is 0 Å². The molecule has 1 aromatic carbocycles. The van der Waals surface area contributed by atoms with E-state index in [1.54, 1.807) is 6.07 Å². The summed E-state index contributed by atoms with van der Waals surface area (Å²) < 4.78 is 11.1. The maximum absolute atomic E-state index is 10.9. The molecule has 20 heavy (non-hydrogen) atoms. The molecule has 0 spiro atoms. The van der Waals surface area contributed by atoms with Crippen LogP contribution in [-0.4, -0.2) is 48.3 Å². The molecule has 1 N–H and O–H groups in total. The first-order chi connectivity index (χ1) is 9.72. The number of aliphatic carboxylic acids is 1. The predicted octanol–water partition coefficient (Wildman–Crippen LogP) is 1.55. The smallest absolute Gasteiger partial charge is 0.345 e. The van der Waals surface area contributed by atoms with Crippen LogP contribution in [0.15, 0.2) is 18.2 Å². The average Bonchev–Trinajstić information content (AvgIpc) is 3.06. The number of likely N-dealkylation sites (tertiary alicyclic amines) is 1. The summed E-state index contributed by atoms with van der Waals surface area (Å²) in [5.41, 5.74) is 0.935. The van der Waals surface area contributed by atoms with Gasteiger partial charge in [0.25, 0.3) is 0 Å². The summed E-state index contributed by atoms with van der Waals surface area (Å²) in [6, 6.07) is 5.57. The summed E-state index contributed by atoms with van der Waals surface area (Å²) >= 11 is 0. The van der Waals surface area contributed by atoms with Crippen molar-refractivity contribution < 1.29 is 19.4 Å². The van der Waals surface area contributed by atoms with Crippen molar-refractivity contribution in [2.45, 2.75) is 25.4 Å². The summed E-state index contributed by atoms with van der Waals surface area (Å²) in [6.07, 6.45) is 2.23. The first kappa shape index (κ1) is 13.2. The second-order valence-corrected chi connectivity index (χ2v) is 5.32. The average molecular weight is 277 g/mol. The van der Waals surface area contributed by atoms with Gasteiger partial charge >= 0.3 is 5.97 Å². The molecule has 0 aromatic heterocycles. The molecule has 3 rings (SSSR count). The van der Waals surface area contributed by atoms with Crippen molar-refractivity contribution in [1.82, 2.24) is 4.90 Å². The number of rotatable bonds is 5. The fraction of sp³-hybridized carbons (Fsp3) is 0.533. The SMILES string of the molecule is O=C(O)C1Cc2ccc(OCCN3CCCC3)cc2O1. The molecule has 5 heteroatoms. The molecule has 108 valence electrons. The van der Waals surface area contributed by atoms with Gasteiger partial charge in [-0.2, -0.15) is 0 Å². The van der Waals surface area contributed by atoms with Gasteiger partial charge in [0.15, 0.2) is 6.10 Å². The molecule has 1 aromatic rings. The lowest BCUT2D eigenvalue weighted by Gasteiger charge is -2.15. The summed E-state index contributed by atoms with van der Waals surface area (Å²) in [4.78, 5) is 13.3. The van der Waals surface area contributed by atoms with Gasteiger partial charge in [0.05, 0.1) is 0 Å². The highest BCUT2D eigenvalue weighted by molar-refractivity contribution is 5.74. The lowest BCUT2D eigenvalue weighted by Crippen LogP contribution is -2.25. The van der Waals surface area contributed by atoms with Gasteiger partial charge in [-0.1, -0.05) is 6.07 Å². The van der Waals surface area contributed by atoms with Crippen LogP contribution in [0.5, 0.6) is 11.5 Å². The maximum atomic E-state index is 10.9. The summed E-state index contributed by atoms with van der Waals surface area (Å²) in [5, 5.41) is 8.96. The van der Waals surface area contributed by atoms with E-state index < -0.39 is 12.1 Å². The fourth-order valence-corrected chi connectivity index (χ4v) is 2.73. The van der Waals surface area contributed by atoms with Gasteiger partial charge < -0.3 is 14.6 Å². The number of carboxylic acid groups (broad SMARTS) is 1. The molecule has 1 atom stereocenters. The Balaban J connectivity index is 1.54. The van der Waals surface area contributed by atoms with Crippen molar-refractivity contribution in [3.63, 3.8) is 0 Å². The van der Waals surface area contributed by atoms with Crippen LogP contribution in [0.4, 0.5) is 0 Å². The number of nitrogens with zero attached hydrogens (tertiary/aromatic N) is 1. The Morgan fingerprint density at radius 2 is 2.20 bits per heavy atom. The Bertz CT molecular complexity index is 497. The van der Waals surface area contributed by atoms with Crippen LogP contribution in [0.1, 0.15) is 18.4 Å². The van der Waals surface area contributed by atoms with E-state index in [1.165, 1.54) is 12.8 Å². The monoisotopic (exact) mass is 277 g/mol. The molecule has 0 amide bonds. The van der Waals surface area contributed by atoms with Crippen molar-refractivity contribution in [2.75, 3.05) is 26.2 Å². The zero-order chi connectivity index (χ0) is 13.9. The quantitative estimate of drug-likeness (QED) is 0.885. The first-order valence-electron chi connectivity index (χ1n) is 7.10. The van der Waals surface area contributed by atoms with Crippen molar-refractivity contribution in [3.05, 3.63) is 23.8 Å². The Kier molecular flexibility index (Phi) is 3.78. The standard InChI is InChI=1S/C15H19NO4/c17-15(18)14-9-11-3-4-12(10-13(11)20-14)19-8-7-16-5-1-2-6-16/h3-4,10,14H,1-2,5-9H2,(H,17,18). The Hall–Kier alpha value is -1.75. The van der Waals surface area contributed by atoms with E-state index in [0.29, 0.717) is 18.8 Å². The highest BCUT2D eigenvalue weighted by atomic mass is 16.5. The highest BCUT2D eigenvalue weighted by Crippen LogP contribution is 2.32. The van der Waals surface area contributed by atoms with Crippen LogP contribution in [0.25, 0.3) is 0 Å². The molecule has 2 aliphatic rings. The van der Waals surface area contributed by atoms with Crippen LogP contribution in [0, 0.1) is 0 Å².